The van der Waals surface area contributed by atoms with E-state index in [4.69, 9.17) is 5.26 Å². The van der Waals surface area contributed by atoms with Gasteiger partial charge in [0.05, 0.1) is 5.69 Å². The van der Waals surface area contributed by atoms with Crippen LogP contribution in [0.3, 0.4) is 0 Å². The fourth-order valence-corrected chi connectivity index (χ4v) is 1.26. The Hall–Kier alpha value is -2.49. The summed E-state index contributed by atoms with van der Waals surface area (Å²) in [5.74, 6) is 0. The van der Waals surface area contributed by atoms with E-state index >= 15 is 0 Å². The minimum atomic E-state index is -4.46. The van der Waals surface area contributed by atoms with E-state index in [-0.39, 0.29) is 5.69 Å². The molecule has 0 atom stereocenters. The minimum Gasteiger partial charge on any atom is -0.251 e. The highest BCUT2D eigenvalue weighted by molar-refractivity contribution is 5.57. The summed E-state index contributed by atoms with van der Waals surface area (Å²) in [5.41, 5.74) is -0.0679. The van der Waals surface area contributed by atoms with Crippen molar-refractivity contribution in [2.75, 3.05) is 0 Å². The Bertz CT molecular complexity index is 582. The lowest BCUT2D eigenvalue weighted by Gasteiger charge is -2.05. The maximum Gasteiger partial charge on any atom is 0.433 e. The van der Waals surface area contributed by atoms with E-state index in [9.17, 15) is 13.2 Å². The highest BCUT2D eigenvalue weighted by atomic mass is 19.4. The van der Waals surface area contributed by atoms with Gasteiger partial charge in [-0.25, -0.2) is 0 Å². The predicted octanol–water partition coefficient (Wildman–Crippen LogP) is 2.43. The Morgan fingerprint density at radius 2 is 1.83 bits per heavy atom. The fraction of sp³-hybridized carbons (Fsp3) is 0.0909. The number of aromatic nitrogens is 3. The van der Waals surface area contributed by atoms with Gasteiger partial charge in [0.1, 0.15) is 11.8 Å². The lowest BCUT2D eigenvalue weighted by atomic mass is 10.2. The Kier molecular flexibility index (Phi) is 2.93. The molecule has 0 spiro atoms. The van der Waals surface area contributed by atoms with Crippen LogP contribution in [-0.2, 0) is 6.18 Å². The molecular formula is C11H5F3N4. The van der Waals surface area contributed by atoms with Crippen LogP contribution >= 0.6 is 0 Å². The molecule has 2 heterocycles. The summed E-state index contributed by atoms with van der Waals surface area (Å²) in [5, 5.41) is 15.8. The van der Waals surface area contributed by atoms with E-state index in [0.717, 1.165) is 12.3 Å². The molecular weight excluding hydrogens is 245 g/mol. The molecule has 4 nitrogen and oxygen atoms in total. The van der Waals surface area contributed by atoms with Gasteiger partial charge in [0.25, 0.3) is 0 Å². The summed E-state index contributed by atoms with van der Waals surface area (Å²) < 4.78 is 36.9. The molecule has 7 heteroatoms. The Morgan fingerprint density at radius 3 is 2.28 bits per heavy atom. The second-order valence-electron chi connectivity index (χ2n) is 3.35. The van der Waals surface area contributed by atoms with Gasteiger partial charge in [-0.05, 0) is 24.3 Å². The highest BCUT2D eigenvalue weighted by Crippen LogP contribution is 2.28. The van der Waals surface area contributed by atoms with Gasteiger partial charge in [-0.2, -0.15) is 18.4 Å². The van der Waals surface area contributed by atoms with Crippen LogP contribution in [0.25, 0.3) is 11.3 Å². The van der Waals surface area contributed by atoms with Crippen LogP contribution in [0.4, 0.5) is 13.2 Å². The van der Waals surface area contributed by atoms with Gasteiger partial charge in [-0.15, -0.1) is 10.2 Å². The van der Waals surface area contributed by atoms with Crippen LogP contribution in [0.5, 0.6) is 0 Å². The van der Waals surface area contributed by atoms with Gasteiger partial charge < -0.3 is 0 Å². The molecule has 0 fully saturated rings. The first kappa shape index (κ1) is 12.0. The van der Waals surface area contributed by atoms with Crippen LogP contribution in [0.15, 0.2) is 30.5 Å². The maximum atomic E-state index is 12.3. The number of hydrogen-bond donors (Lipinski definition) is 0. The second kappa shape index (κ2) is 4.41. The third kappa shape index (κ3) is 2.43. The zero-order valence-electron chi connectivity index (χ0n) is 8.81. The molecule has 90 valence electrons. The van der Waals surface area contributed by atoms with Crippen LogP contribution in [-0.4, -0.2) is 15.2 Å². The summed E-state index contributed by atoms with van der Waals surface area (Å²) in [6.07, 6.45) is -3.40. The molecule has 0 aromatic carbocycles. The molecule has 0 radical (unpaired) electrons. The average molecular weight is 250 g/mol. The van der Waals surface area contributed by atoms with Crippen molar-refractivity contribution < 1.29 is 13.2 Å². The number of rotatable bonds is 1. The maximum absolute atomic E-state index is 12.3. The van der Waals surface area contributed by atoms with Gasteiger partial charge in [0, 0.05) is 11.8 Å². The average Bonchev–Trinajstić information content (AvgIpc) is 2.38. The van der Waals surface area contributed by atoms with Crippen LogP contribution in [0.2, 0.25) is 0 Å². The molecule has 18 heavy (non-hydrogen) atoms. The monoisotopic (exact) mass is 250 g/mol. The zero-order chi connectivity index (χ0) is 13.2. The van der Waals surface area contributed by atoms with Crippen molar-refractivity contribution in [1.82, 2.24) is 15.2 Å². The first-order valence-corrected chi connectivity index (χ1v) is 4.78. The smallest absolute Gasteiger partial charge is 0.251 e. The van der Waals surface area contributed by atoms with Crippen molar-refractivity contribution in [2.24, 2.45) is 0 Å². The van der Waals surface area contributed by atoms with Crippen LogP contribution in [0.1, 0.15) is 11.4 Å². The predicted molar refractivity (Wildman–Crippen MR) is 55.0 cm³/mol. The third-order valence-corrected chi connectivity index (χ3v) is 2.13. The van der Waals surface area contributed by atoms with Crippen molar-refractivity contribution in [1.29, 1.82) is 5.26 Å². The van der Waals surface area contributed by atoms with Gasteiger partial charge in [0.2, 0.25) is 0 Å². The van der Waals surface area contributed by atoms with Gasteiger partial charge >= 0.3 is 6.18 Å². The third-order valence-electron chi connectivity index (χ3n) is 2.13. The van der Waals surface area contributed by atoms with Gasteiger partial charge in [0.15, 0.2) is 5.69 Å². The lowest BCUT2D eigenvalue weighted by molar-refractivity contribution is -0.141. The van der Waals surface area contributed by atoms with Crippen molar-refractivity contribution in [3.8, 4) is 17.3 Å². The van der Waals surface area contributed by atoms with Crippen LogP contribution in [0, 0.1) is 11.3 Å². The summed E-state index contributed by atoms with van der Waals surface area (Å²) in [6.45, 7) is 0. The lowest BCUT2D eigenvalue weighted by Crippen LogP contribution is -2.07. The van der Waals surface area contributed by atoms with Crippen molar-refractivity contribution in [3.63, 3.8) is 0 Å². The van der Waals surface area contributed by atoms with Crippen molar-refractivity contribution >= 4 is 0 Å². The van der Waals surface area contributed by atoms with E-state index in [2.05, 4.69) is 15.2 Å². The summed E-state index contributed by atoms with van der Waals surface area (Å²) in [7, 11) is 0. The number of nitrogens with zero attached hydrogens (tertiary/aromatic N) is 4. The topological polar surface area (TPSA) is 62.5 Å². The van der Waals surface area contributed by atoms with E-state index in [1.54, 1.807) is 6.07 Å². The molecule has 0 aliphatic heterocycles. The molecule has 0 N–H and O–H groups in total. The Morgan fingerprint density at radius 1 is 1.06 bits per heavy atom. The van der Waals surface area contributed by atoms with E-state index < -0.39 is 11.9 Å². The summed E-state index contributed by atoms with van der Waals surface area (Å²) in [4.78, 5) is 3.31. The molecule has 0 saturated heterocycles. The molecule has 0 saturated carbocycles. The normalized spacial score (nSPS) is 11.0. The Balaban J connectivity index is 2.32. The summed E-state index contributed by atoms with van der Waals surface area (Å²) in [6, 6.07) is 6.85. The molecule has 0 aliphatic carbocycles. The number of alkyl halides is 3. The number of halogens is 3. The van der Waals surface area contributed by atoms with Crippen molar-refractivity contribution in [3.05, 3.63) is 41.9 Å². The molecule has 2 rings (SSSR count). The molecule has 2 aromatic rings. The molecule has 0 unspecified atom stereocenters. The first-order valence-electron chi connectivity index (χ1n) is 4.78. The van der Waals surface area contributed by atoms with E-state index in [1.807, 2.05) is 0 Å². The molecule has 2 aromatic heterocycles. The largest absolute Gasteiger partial charge is 0.433 e. The first-order chi connectivity index (χ1) is 8.50. The number of nitriles is 1. The number of hydrogen-bond acceptors (Lipinski definition) is 4. The Labute approximate surface area is 99.7 Å². The fourth-order valence-electron chi connectivity index (χ4n) is 1.26. The standard InChI is InChI=1S/C11H5F3N4/c12-11(13,14)10-4-1-7(6-16-10)9-3-2-8(5-15)17-18-9/h1-4,6H. The second-order valence-corrected chi connectivity index (χ2v) is 3.35. The minimum absolute atomic E-state index is 0.138. The molecule has 0 aliphatic rings. The molecule has 0 amide bonds. The van der Waals surface area contributed by atoms with Crippen LogP contribution < -0.4 is 0 Å². The zero-order valence-corrected chi connectivity index (χ0v) is 8.81. The highest BCUT2D eigenvalue weighted by Gasteiger charge is 2.32. The van der Waals surface area contributed by atoms with Crippen molar-refractivity contribution in [2.45, 2.75) is 6.18 Å². The number of pyridine rings is 1. The molecule has 0 bridgehead atoms. The summed E-state index contributed by atoms with van der Waals surface area (Å²) >= 11 is 0. The SMILES string of the molecule is N#Cc1ccc(-c2ccc(C(F)(F)F)nc2)nn1. The van der Waals surface area contributed by atoms with E-state index in [0.29, 0.717) is 11.3 Å². The quantitative estimate of drug-likeness (QED) is 0.779. The van der Waals surface area contributed by atoms with Gasteiger partial charge in [-0.1, -0.05) is 0 Å². The van der Waals surface area contributed by atoms with E-state index in [1.165, 1.54) is 18.2 Å². The van der Waals surface area contributed by atoms with Gasteiger partial charge in [-0.3, -0.25) is 4.98 Å².